The van der Waals surface area contributed by atoms with Gasteiger partial charge in [-0.15, -0.1) is 10.2 Å². The fourth-order valence-electron chi connectivity index (χ4n) is 1.64. The molecule has 0 aromatic carbocycles. The van der Waals surface area contributed by atoms with Crippen molar-refractivity contribution in [1.29, 1.82) is 0 Å². The van der Waals surface area contributed by atoms with Crippen molar-refractivity contribution < 1.29 is 4.42 Å². The zero-order valence-corrected chi connectivity index (χ0v) is 8.79. The van der Waals surface area contributed by atoms with Crippen LogP contribution in [0.1, 0.15) is 56.9 Å². The first-order valence-electron chi connectivity index (χ1n) is 5.38. The molecule has 14 heavy (non-hydrogen) atoms. The van der Waals surface area contributed by atoms with E-state index in [-0.39, 0.29) is 6.04 Å². The monoisotopic (exact) mass is 195 g/mol. The summed E-state index contributed by atoms with van der Waals surface area (Å²) in [6, 6.07) is 0.168. The summed E-state index contributed by atoms with van der Waals surface area (Å²) < 4.78 is 5.62. The van der Waals surface area contributed by atoms with Crippen molar-refractivity contribution in [3.63, 3.8) is 0 Å². The Morgan fingerprint density at radius 3 is 2.86 bits per heavy atom. The number of rotatable bonds is 4. The first-order valence-corrected chi connectivity index (χ1v) is 5.38. The fourth-order valence-corrected chi connectivity index (χ4v) is 1.64. The van der Waals surface area contributed by atoms with Crippen LogP contribution in [0.25, 0.3) is 0 Å². The average Bonchev–Trinajstić information content (AvgIpc) is 2.50. The summed E-state index contributed by atoms with van der Waals surface area (Å²) in [5.74, 6) is 2.08. The van der Waals surface area contributed by atoms with Gasteiger partial charge in [-0.2, -0.15) is 0 Å². The van der Waals surface area contributed by atoms with Crippen LogP contribution in [-0.4, -0.2) is 16.7 Å². The smallest absolute Gasteiger partial charge is 0.233 e. The Hall–Kier alpha value is -0.900. The molecule has 1 atom stereocenters. The van der Waals surface area contributed by atoms with Gasteiger partial charge in [-0.3, -0.25) is 0 Å². The van der Waals surface area contributed by atoms with Crippen molar-refractivity contribution in [2.75, 3.05) is 6.54 Å². The van der Waals surface area contributed by atoms with Crippen LogP contribution in [0, 0.1) is 0 Å². The van der Waals surface area contributed by atoms with Gasteiger partial charge in [0.1, 0.15) is 0 Å². The first-order chi connectivity index (χ1) is 6.81. The summed E-state index contributed by atoms with van der Waals surface area (Å²) in [5.41, 5.74) is 0. The van der Waals surface area contributed by atoms with Crippen molar-refractivity contribution in [2.45, 2.75) is 45.1 Å². The number of hydrogen-bond donors (Lipinski definition) is 1. The molecule has 4 heteroatoms. The van der Waals surface area contributed by atoms with E-state index in [1.165, 1.54) is 19.3 Å². The van der Waals surface area contributed by atoms with E-state index in [4.69, 9.17) is 4.42 Å². The summed E-state index contributed by atoms with van der Waals surface area (Å²) >= 11 is 0. The molecule has 1 unspecified atom stereocenters. The molecular formula is C10H17N3O. The summed E-state index contributed by atoms with van der Waals surface area (Å²) in [4.78, 5) is 0. The Labute approximate surface area is 84.1 Å². The SMILES string of the molecule is CCNC(C)c1nnc(C2CCC2)o1. The molecular weight excluding hydrogens is 178 g/mol. The van der Waals surface area contributed by atoms with Gasteiger partial charge in [0.2, 0.25) is 11.8 Å². The number of nitrogens with one attached hydrogen (secondary N) is 1. The quantitative estimate of drug-likeness (QED) is 0.798. The molecule has 1 aromatic heterocycles. The van der Waals surface area contributed by atoms with Crippen LogP contribution in [0.4, 0.5) is 0 Å². The maximum atomic E-state index is 5.62. The highest BCUT2D eigenvalue weighted by atomic mass is 16.4. The second-order valence-corrected chi connectivity index (χ2v) is 3.89. The summed E-state index contributed by atoms with van der Waals surface area (Å²) in [6.07, 6.45) is 3.71. The summed E-state index contributed by atoms with van der Waals surface area (Å²) in [7, 11) is 0. The third-order valence-corrected chi connectivity index (χ3v) is 2.79. The van der Waals surface area contributed by atoms with Gasteiger partial charge in [0, 0.05) is 5.92 Å². The van der Waals surface area contributed by atoms with Crippen LogP contribution >= 0.6 is 0 Å². The minimum Gasteiger partial charge on any atom is -0.423 e. The van der Waals surface area contributed by atoms with E-state index >= 15 is 0 Å². The zero-order chi connectivity index (χ0) is 9.97. The number of hydrogen-bond acceptors (Lipinski definition) is 4. The van der Waals surface area contributed by atoms with Gasteiger partial charge in [0.25, 0.3) is 0 Å². The molecule has 0 aliphatic heterocycles. The molecule has 0 amide bonds. The van der Waals surface area contributed by atoms with Gasteiger partial charge in [0.05, 0.1) is 6.04 Å². The van der Waals surface area contributed by atoms with Crippen molar-refractivity contribution in [3.05, 3.63) is 11.8 Å². The molecule has 1 aliphatic rings. The van der Waals surface area contributed by atoms with Crippen molar-refractivity contribution in [2.24, 2.45) is 0 Å². The van der Waals surface area contributed by atoms with Gasteiger partial charge in [-0.05, 0) is 26.3 Å². The van der Waals surface area contributed by atoms with Crippen LogP contribution < -0.4 is 5.32 Å². The molecule has 0 radical (unpaired) electrons. The van der Waals surface area contributed by atoms with Crippen LogP contribution in [-0.2, 0) is 0 Å². The van der Waals surface area contributed by atoms with Crippen LogP contribution in [0.5, 0.6) is 0 Å². The van der Waals surface area contributed by atoms with Gasteiger partial charge in [-0.25, -0.2) is 0 Å². The Balaban J connectivity index is 2.01. The summed E-state index contributed by atoms with van der Waals surface area (Å²) in [6.45, 7) is 5.03. The van der Waals surface area contributed by atoms with Crippen LogP contribution in [0.15, 0.2) is 4.42 Å². The lowest BCUT2D eigenvalue weighted by Crippen LogP contribution is -2.17. The number of aromatic nitrogens is 2. The lowest BCUT2D eigenvalue weighted by molar-refractivity contribution is 0.313. The van der Waals surface area contributed by atoms with E-state index in [2.05, 4.69) is 22.4 Å². The molecule has 1 saturated carbocycles. The first kappa shape index (κ1) is 9.65. The maximum absolute atomic E-state index is 5.62. The fraction of sp³-hybridized carbons (Fsp3) is 0.800. The molecule has 1 heterocycles. The molecule has 4 nitrogen and oxygen atoms in total. The second-order valence-electron chi connectivity index (χ2n) is 3.89. The molecule has 1 N–H and O–H groups in total. The summed E-state index contributed by atoms with van der Waals surface area (Å²) in [5, 5.41) is 11.4. The maximum Gasteiger partial charge on any atom is 0.233 e. The van der Waals surface area contributed by atoms with Crippen LogP contribution in [0.3, 0.4) is 0 Å². The molecule has 0 bridgehead atoms. The van der Waals surface area contributed by atoms with E-state index in [1.807, 2.05) is 6.92 Å². The van der Waals surface area contributed by atoms with E-state index in [1.54, 1.807) is 0 Å². The molecule has 0 saturated heterocycles. The topological polar surface area (TPSA) is 51.0 Å². The lowest BCUT2D eigenvalue weighted by Gasteiger charge is -2.20. The molecule has 1 fully saturated rings. The van der Waals surface area contributed by atoms with E-state index < -0.39 is 0 Å². The zero-order valence-electron chi connectivity index (χ0n) is 8.79. The minimum atomic E-state index is 0.168. The Morgan fingerprint density at radius 1 is 1.50 bits per heavy atom. The predicted molar refractivity (Wildman–Crippen MR) is 53.0 cm³/mol. The second kappa shape index (κ2) is 4.09. The standard InChI is InChI=1S/C10H17N3O/c1-3-11-7(2)9-12-13-10(14-9)8-5-4-6-8/h7-8,11H,3-6H2,1-2H3. The van der Waals surface area contributed by atoms with E-state index in [9.17, 15) is 0 Å². The highest BCUT2D eigenvalue weighted by Crippen LogP contribution is 2.35. The van der Waals surface area contributed by atoms with E-state index in [0.29, 0.717) is 11.8 Å². The third kappa shape index (κ3) is 1.80. The molecule has 1 aliphatic carbocycles. The molecule has 2 rings (SSSR count). The molecule has 0 spiro atoms. The third-order valence-electron chi connectivity index (χ3n) is 2.79. The van der Waals surface area contributed by atoms with Crippen molar-refractivity contribution in [1.82, 2.24) is 15.5 Å². The van der Waals surface area contributed by atoms with Gasteiger partial charge >= 0.3 is 0 Å². The largest absolute Gasteiger partial charge is 0.423 e. The Bertz CT molecular complexity index is 293. The van der Waals surface area contributed by atoms with Gasteiger partial charge < -0.3 is 9.73 Å². The van der Waals surface area contributed by atoms with Gasteiger partial charge in [-0.1, -0.05) is 13.3 Å². The van der Waals surface area contributed by atoms with E-state index in [0.717, 1.165) is 12.4 Å². The molecule has 78 valence electrons. The number of nitrogens with zero attached hydrogens (tertiary/aromatic N) is 2. The lowest BCUT2D eigenvalue weighted by atomic mass is 9.85. The van der Waals surface area contributed by atoms with Crippen molar-refractivity contribution >= 4 is 0 Å². The highest BCUT2D eigenvalue weighted by molar-refractivity contribution is 4.97. The highest BCUT2D eigenvalue weighted by Gasteiger charge is 2.25. The van der Waals surface area contributed by atoms with Crippen molar-refractivity contribution in [3.8, 4) is 0 Å². The average molecular weight is 195 g/mol. The molecule has 1 aromatic rings. The predicted octanol–water partition coefficient (Wildman–Crippen LogP) is 2.01. The normalized spacial score (nSPS) is 19.3. The minimum absolute atomic E-state index is 0.168. The Kier molecular flexibility index (Phi) is 2.82. The van der Waals surface area contributed by atoms with Crippen LogP contribution in [0.2, 0.25) is 0 Å². The van der Waals surface area contributed by atoms with Gasteiger partial charge in [0.15, 0.2) is 0 Å². The Morgan fingerprint density at radius 2 is 2.29 bits per heavy atom.